The van der Waals surface area contributed by atoms with E-state index in [0.717, 1.165) is 56.6 Å². The molecule has 2 bridgehead atoms. The van der Waals surface area contributed by atoms with E-state index in [2.05, 4.69) is 56.6 Å². The third kappa shape index (κ3) is 7.46. The highest BCUT2D eigenvalue weighted by Crippen LogP contribution is 2.47. The lowest BCUT2D eigenvalue weighted by molar-refractivity contribution is 0.0131. The van der Waals surface area contributed by atoms with Crippen LogP contribution in [-0.2, 0) is 31.2 Å². The Morgan fingerprint density at radius 3 is 2.74 bits per heavy atom. The summed E-state index contributed by atoms with van der Waals surface area (Å²) in [6.07, 6.45) is 11.6. The van der Waals surface area contributed by atoms with Gasteiger partial charge in [0.2, 0.25) is 0 Å². The maximum atomic E-state index is 14.4. The van der Waals surface area contributed by atoms with E-state index in [0.29, 0.717) is 56.5 Å². The predicted molar refractivity (Wildman–Crippen MR) is 195 cm³/mol. The van der Waals surface area contributed by atoms with Crippen LogP contribution in [0, 0.1) is 24.7 Å². The highest BCUT2D eigenvalue weighted by molar-refractivity contribution is 7.92. The number of carbonyl (C=O) groups is 2. The molecule has 2 aromatic carbocycles. The molecule has 7 rings (SSSR count). The molecule has 0 radical (unpaired) electrons. The van der Waals surface area contributed by atoms with Crippen molar-refractivity contribution in [3.05, 3.63) is 70.8 Å². The predicted octanol–water partition coefficient (Wildman–Crippen LogP) is 6.11. The first-order chi connectivity index (χ1) is 24.1. The Morgan fingerprint density at radius 1 is 1.12 bits per heavy atom. The Morgan fingerprint density at radius 2 is 1.96 bits per heavy atom. The fourth-order valence-electron chi connectivity index (χ4n) is 8.73. The van der Waals surface area contributed by atoms with Gasteiger partial charge in [-0.25, -0.2) is 9.00 Å². The fourth-order valence-corrected chi connectivity index (χ4v) is 10.6. The van der Waals surface area contributed by atoms with Crippen LogP contribution in [0.3, 0.4) is 0 Å². The van der Waals surface area contributed by atoms with E-state index >= 15 is 0 Å². The summed E-state index contributed by atoms with van der Waals surface area (Å²) in [5.41, 5.74) is 5.03. The van der Waals surface area contributed by atoms with Crippen LogP contribution in [0.1, 0.15) is 78.9 Å². The quantitative estimate of drug-likeness (QED) is 0.371. The number of hydrogen-bond donors (Lipinski definition) is 2. The number of ether oxygens (including phenoxy) is 3. The normalized spacial score (nSPS) is 32.3. The van der Waals surface area contributed by atoms with E-state index in [1.165, 1.54) is 16.7 Å². The molecule has 1 saturated carbocycles. The molecular weight excluding hydrogens is 653 g/mol. The number of anilines is 1. The number of nitrogens with zero attached hydrogens (tertiary/aromatic N) is 2. The van der Waals surface area contributed by atoms with Crippen LogP contribution >= 0.6 is 0 Å². The number of carbonyl (C=O) groups excluding carboxylic acids is 2. The fraction of sp³-hybridized carbons (Fsp3) is 0.590. The molecule has 50 heavy (non-hydrogen) atoms. The molecule has 5 aliphatic rings. The first-order valence-electron chi connectivity index (χ1n) is 18.4. The third-order valence-corrected chi connectivity index (χ3v) is 13.5. The summed E-state index contributed by atoms with van der Waals surface area (Å²) in [4.78, 5) is 29.5. The second-order valence-corrected chi connectivity index (χ2v) is 17.3. The summed E-state index contributed by atoms with van der Waals surface area (Å²) in [5.74, 6) is 0.827. The van der Waals surface area contributed by atoms with Crippen molar-refractivity contribution in [3.8, 4) is 5.75 Å². The van der Waals surface area contributed by atoms with Crippen molar-refractivity contribution in [2.45, 2.75) is 82.8 Å². The first kappa shape index (κ1) is 35.0. The molecule has 1 unspecified atom stereocenters. The second kappa shape index (κ2) is 14.7. The zero-order chi connectivity index (χ0) is 34.9. The number of aryl methyl sites for hydroxylation is 2. The summed E-state index contributed by atoms with van der Waals surface area (Å²) in [5, 5.41) is 2.91. The molecule has 3 heterocycles. The van der Waals surface area contributed by atoms with Gasteiger partial charge in [-0.2, -0.15) is 0 Å². The van der Waals surface area contributed by atoms with Crippen molar-refractivity contribution in [3.63, 3.8) is 0 Å². The van der Waals surface area contributed by atoms with Crippen molar-refractivity contribution < 1.29 is 28.0 Å². The van der Waals surface area contributed by atoms with Crippen LogP contribution < -0.4 is 19.7 Å². The first-order valence-corrected chi connectivity index (χ1v) is 20.1. The minimum atomic E-state index is -3.47. The van der Waals surface area contributed by atoms with Crippen molar-refractivity contribution >= 4 is 27.5 Å². The van der Waals surface area contributed by atoms with Crippen LogP contribution in [0.5, 0.6) is 5.75 Å². The van der Waals surface area contributed by atoms with Gasteiger partial charge in [0.25, 0.3) is 5.91 Å². The van der Waals surface area contributed by atoms with Gasteiger partial charge in [0, 0.05) is 50.4 Å². The number of hydrogen-bond acceptors (Lipinski definition) is 7. The molecule has 11 heteroatoms. The summed E-state index contributed by atoms with van der Waals surface area (Å²) >= 11 is 0. The Balaban J connectivity index is 1.26. The second-order valence-electron chi connectivity index (χ2n) is 15.3. The van der Waals surface area contributed by atoms with Gasteiger partial charge in [-0.1, -0.05) is 42.8 Å². The van der Waals surface area contributed by atoms with E-state index in [1.54, 1.807) is 13.2 Å². The van der Waals surface area contributed by atoms with Gasteiger partial charge in [-0.05, 0) is 105 Å². The number of nitrogens with one attached hydrogen (secondary N) is 2. The Hall–Kier alpha value is -3.41. The lowest BCUT2D eigenvalue weighted by Gasteiger charge is -2.46. The van der Waals surface area contributed by atoms with Crippen molar-refractivity contribution in [1.29, 1.82) is 0 Å². The van der Waals surface area contributed by atoms with Gasteiger partial charge in [0.15, 0.2) is 0 Å². The Bertz CT molecular complexity index is 1750. The molecule has 1 saturated heterocycles. The summed E-state index contributed by atoms with van der Waals surface area (Å²) in [6, 6.07) is 11.6. The third-order valence-electron chi connectivity index (χ3n) is 11.5. The van der Waals surface area contributed by atoms with Crippen molar-refractivity contribution in [2.24, 2.45) is 22.1 Å². The summed E-state index contributed by atoms with van der Waals surface area (Å²) in [7, 11) is -1.69. The van der Waals surface area contributed by atoms with E-state index in [-0.39, 0.29) is 29.2 Å². The SMILES string of the molecule is CO[C@H]1/C=C/C[C@H](C)CS(=O)(NC(=O)NC2CCOCC2)=NC(=O)c2ccc3c(c2)N(C[C@@H]2CC[C@H]21)C[C@@]1(CCCc2cc(C)ccc21)CO3. The molecule has 2 aliphatic carbocycles. The van der Waals surface area contributed by atoms with E-state index in [9.17, 15) is 13.8 Å². The zero-order valence-electron chi connectivity index (χ0n) is 29.7. The van der Waals surface area contributed by atoms with Gasteiger partial charge in [0.1, 0.15) is 15.7 Å². The smallest absolute Gasteiger partial charge is 0.327 e. The number of amides is 3. The minimum Gasteiger partial charge on any atom is -0.490 e. The zero-order valence-corrected chi connectivity index (χ0v) is 30.5. The highest BCUT2D eigenvalue weighted by atomic mass is 32.2. The van der Waals surface area contributed by atoms with Crippen LogP contribution in [0.25, 0.3) is 0 Å². The van der Waals surface area contributed by atoms with Gasteiger partial charge in [-0.3, -0.25) is 9.52 Å². The molecule has 0 aromatic heterocycles. The molecule has 1 spiro atoms. The molecule has 10 nitrogen and oxygen atoms in total. The molecule has 3 aliphatic heterocycles. The van der Waals surface area contributed by atoms with Crippen LogP contribution in [-0.4, -0.2) is 74.1 Å². The summed E-state index contributed by atoms with van der Waals surface area (Å²) in [6.45, 7) is 7.38. The van der Waals surface area contributed by atoms with Gasteiger partial charge >= 0.3 is 6.03 Å². The highest BCUT2D eigenvalue weighted by Gasteiger charge is 2.44. The van der Waals surface area contributed by atoms with Crippen LogP contribution in [0.15, 0.2) is 52.9 Å². The maximum Gasteiger partial charge on any atom is 0.327 e. The van der Waals surface area contributed by atoms with E-state index in [1.807, 2.05) is 19.1 Å². The molecule has 6 atom stereocenters. The number of rotatable bonds is 3. The van der Waals surface area contributed by atoms with Crippen molar-refractivity contribution in [2.75, 3.05) is 50.7 Å². The minimum absolute atomic E-state index is 0.0331. The topological polar surface area (TPSA) is 119 Å². The number of benzene rings is 2. The van der Waals surface area contributed by atoms with E-state index < -0.39 is 21.9 Å². The van der Waals surface area contributed by atoms with Crippen LogP contribution in [0.4, 0.5) is 10.5 Å². The largest absolute Gasteiger partial charge is 0.490 e. The van der Waals surface area contributed by atoms with Crippen LogP contribution in [0.2, 0.25) is 0 Å². The van der Waals surface area contributed by atoms with Crippen molar-refractivity contribution in [1.82, 2.24) is 10.0 Å². The molecule has 2 N–H and O–H groups in total. The van der Waals surface area contributed by atoms with Gasteiger partial charge < -0.3 is 24.4 Å². The number of urea groups is 1. The summed E-state index contributed by atoms with van der Waals surface area (Å²) < 4.78 is 39.5. The number of allylic oxidation sites excluding steroid dienone is 1. The van der Waals surface area contributed by atoms with Gasteiger partial charge in [0.05, 0.1) is 24.2 Å². The van der Waals surface area contributed by atoms with Gasteiger partial charge in [-0.15, -0.1) is 4.36 Å². The average molecular weight is 705 g/mol. The lowest BCUT2D eigenvalue weighted by Crippen LogP contribution is -2.49. The maximum absolute atomic E-state index is 14.4. The molecule has 3 amide bonds. The lowest BCUT2D eigenvalue weighted by atomic mass is 9.68. The monoisotopic (exact) mass is 704 g/mol. The molecule has 270 valence electrons. The molecular formula is C39H52N4O6S. The average Bonchev–Trinajstić information content (AvgIpc) is 3.22. The molecule has 2 aromatic rings. The number of fused-ring (bicyclic) bond motifs is 4. The standard InChI is InChI=1S/C39H52N4O6S/c1-26-9-13-33-28(20-26)7-5-17-39(33)24-43-22-30-10-12-32(30)35(47-3)8-4-6-27(2)23-50(46,42-38(45)40-31-15-18-48-19-16-31)41-37(44)29-11-14-36(49-25-39)34(43)21-29/h4,8-9,11,13-14,20-21,27,30-32,35H,5-7,10,12,15-19,22-25H2,1-3H3,(H2,40,41,42,44,45,46)/b8-4+/t27-,30-,32+,35-,39-,50?/m0/s1. The van der Waals surface area contributed by atoms with E-state index in [4.69, 9.17) is 14.2 Å². The Labute approximate surface area is 297 Å². The Kier molecular flexibility index (Phi) is 10.3. The number of methoxy groups -OCH3 is 1. The molecule has 2 fully saturated rings.